The van der Waals surface area contributed by atoms with Gasteiger partial charge in [-0.3, -0.25) is 4.79 Å². The van der Waals surface area contributed by atoms with Crippen molar-refractivity contribution in [1.29, 1.82) is 0 Å². The Kier molecular flexibility index (Phi) is 2.60. The molecule has 0 bridgehead atoms. The van der Waals surface area contributed by atoms with Crippen molar-refractivity contribution >= 4 is 11.9 Å². The van der Waals surface area contributed by atoms with Crippen molar-refractivity contribution in [2.24, 2.45) is 0 Å². The fourth-order valence-electron chi connectivity index (χ4n) is 2.31. The molecular weight excluding hydrogens is 240 g/mol. The van der Waals surface area contributed by atoms with Gasteiger partial charge in [0.2, 0.25) is 0 Å². The molecule has 2 aromatic rings. The lowest BCUT2D eigenvalue weighted by Gasteiger charge is -2.01. The van der Waals surface area contributed by atoms with Gasteiger partial charge in [-0.2, -0.15) is 0 Å². The van der Waals surface area contributed by atoms with Gasteiger partial charge in [-0.05, 0) is 23.8 Å². The third-order valence-corrected chi connectivity index (χ3v) is 3.28. The minimum atomic E-state index is -0.0312. The number of hydrogen-bond donors (Lipinski definition) is 2. The first kappa shape index (κ1) is 11.5. The average Bonchev–Trinajstić information content (AvgIpc) is 2.70. The quantitative estimate of drug-likeness (QED) is 0.767. The van der Waals surface area contributed by atoms with E-state index in [9.17, 15) is 15.0 Å². The van der Waals surface area contributed by atoms with E-state index >= 15 is 0 Å². The maximum absolute atomic E-state index is 12.2. The fourth-order valence-corrected chi connectivity index (χ4v) is 2.31. The molecule has 0 unspecified atom stereocenters. The van der Waals surface area contributed by atoms with E-state index in [1.165, 1.54) is 12.1 Å². The van der Waals surface area contributed by atoms with Gasteiger partial charge in [0.1, 0.15) is 11.5 Å². The SMILES string of the molecule is O=C1/C(=C/c2ccc(O)cc2O)Cc2ccccc21. The maximum Gasteiger partial charge on any atom is 0.189 e. The van der Waals surface area contributed by atoms with Crippen LogP contribution in [0.5, 0.6) is 11.5 Å². The van der Waals surface area contributed by atoms with Gasteiger partial charge in [0.15, 0.2) is 5.78 Å². The van der Waals surface area contributed by atoms with Gasteiger partial charge in [-0.1, -0.05) is 24.3 Å². The summed E-state index contributed by atoms with van der Waals surface area (Å²) >= 11 is 0. The molecule has 0 spiro atoms. The molecule has 0 saturated heterocycles. The van der Waals surface area contributed by atoms with Crippen molar-refractivity contribution in [2.45, 2.75) is 6.42 Å². The zero-order valence-electron chi connectivity index (χ0n) is 10.1. The molecule has 0 radical (unpaired) electrons. The molecule has 2 aromatic carbocycles. The molecule has 0 fully saturated rings. The van der Waals surface area contributed by atoms with Crippen LogP contribution in [0.1, 0.15) is 21.5 Å². The van der Waals surface area contributed by atoms with Crippen LogP contribution in [0.3, 0.4) is 0 Å². The first-order valence-corrected chi connectivity index (χ1v) is 6.00. The molecule has 0 aliphatic heterocycles. The molecular formula is C16H12O3. The average molecular weight is 252 g/mol. The Morgan fingerprint density at radius 3 is 2.58 bits per heavy atom. The Balaban J connectivity index is 2.01. The summed E-state index contributed by atoms with van der Waals surface area (Å²) in [6.45, 7) is 0. The second-order valence-corrected chi connectivity index (χ2v) is 4.58. The van der Waals surface area contributed by atoms with Crippen LogP contribution in [0.25, 0.3) is 6.08 Å². The van der Waals surface area contributed by atoms with E-state index in [1.54, 1.807) is 12.1 Å². The van der Waals surface area contributed by atoms with Crippen molar-refractivity contribution < 1.29 is 15.0 Å². The highest BCUT2D eigenvalue weighted by Crippen LogP contribution is 2.30. The first-order valence-electron chi connectivity index (χ1n) is 6.00. The van der Waals surface area contributed by atoms with Gasteiger partial charge in [0.05, 0.1) is 0 Å². The van der Waals surface area contributed by atoms with Crippen LogP contribution in [0.15, 0.2) is 48.0 Å². The highest BCUT2D eigenvalue weighted by Gasteiger charge is 2.24. The van der Waals surface area contributed by atoms with Gasteiger partial charge >= 0.3 is 0 Å². The van der Waals surface area contributed by atoms with E-state index in [-0.39, 0.29) is 17.3 Å². The fraction of sp³-hybridized carbons (Fsp3) is 0.0625. The minimum absolute atomic E-state index is 0.000634. The van der Waals surface area contributed by atoms with Gasteiger partial charge in [-0.15, -0.1) is 0 Å². The monoisotopic (exact) mass is 252 g/mol. The molecule has 3 heteroatoms. The Morgan fingerprint density at radius 1 is 1.05 bits per heavy atom. The first-order chi connectivity index (χ1) is 9.15. The van der Waals surface area contributed by atoms with Crippen molar-refractivity contribution in [1.82, 2.24) is 0 Å². The molecule has 0 saturated carbocycles. The predicted molar refractivity (Wildman–Crippen MR) is 72.2 cm³/mol. The number of carbonyl (C=O) groups excluding carboxylic acids is 1. The third-order valence-electron chi connectivity index (χ3n) is 3.28. The predicted octanol–water partition coefficient (Wildman–Crippen LogP) is 2.92. The number of phenols is 2. The molecule has 3 rings (SSSR count). The number of ketones is 1. The van der Waals surface area contributed by atoms with Crippen LogP contribution < -0.4 is 0 Å². The van der Waals surface area contributed by atoms with Crippen molar-refractivity contribution in [3.8, 4) is 11.5 Å². The van der Waals surface area contributed by atoms with E-state index in [0.29, 0.717) is 17.6 Å². The number of hydrogen-bond acceptors (Lipinski definition) is 3. The standard InChI is InChI=1S/C16H12O3/c17-13-6-5-11(15(18)9-13)8-12-7-10-3-1-2-4-14(10)16(12)19/h1-6,8-9,17-18H,7H2/b12-8+. The zero-order chi connectivity index (χ0) is 13.4. The van der Waals surface area contributed by atoms with Crippen LogP contribution in [-0.2, 0) is 6.42 Å². The van der Waals surface area contributed by atoms with E-state index in [2.05, 4.69) is 0 Å². The van der Waals surface area contributed by atoms with Crippen LogP contribution in [0, 0.1) is 0 Å². The summed E-state index contributed by atoms with van der Waals surface area (Å²) in [5, 5.41) is 19.0. The number of aromatic hydroxyl groups is 2. The lowest BCUT2D eigenvalue weighted by Crippen LogP contribution is -1.94. The largest absolute Gasteiger partial charge is 0.508 e. The van der Waals surface area contributed by atoms with Crippen molar-refractivity contribution in [3.05, 3.63) is 64.7 Å². The van der Waals surface area contributed by atoms with Crippen molar-refractivity contribution in [2.75, 3.05) is 0 Å². The Labute approximate surface area is 110 Å². The molecule has 94 valence electrons. The topological polar surface area (TPSA) is 57.5 Å². The van der Waals surface area contributed by atoms with Gasteiger partial charge < -0.3 is 10.2 Å². The number of benzene rings is 2. The van der Waals surface area contributed by atoms with E-state index in [0.717, 1.165) is 11.1 Å². The van der Waals surface area contributed by atoms with Gasteiger partial charge in [0.25, 0.3) is 0 Å². The highest BCUT2D eigenvalue weighted by atomic mass is 16.3. The summed E-state index contributed by atoms with van der Waals surface area (Å²) in [6, 6.07) is 11.8. The van der Waals surface area contributed by atoms with Crippen LogP contribution in [0.4, 0.5) is 0 Å². The molecule has 19 heavy (non-hydrogen) atoms. The minimum Gasteiger partial charge on any atom is -0.508 e. The second-order valence-electron chi connectivity index (χ2n) is 4.58. The molecule has 0 atom stereocenters. The number of rotatable bonds is 1. The smallest absolute Gasteiger partial charge is 0.189 e. The summed E-state index contributed by atoms with van der Waals surface area (Å²) in [6.07, 6.45) is 2.26. The summed E-state index contributed by atoms with van der Waals surface area (Å²) in [5.41, 5.74) is 2.93. The maximum atomic E-state index is 12.2. The highest BCUT2D eigenvalue weighted by molar-refractivity contribution is 6.15. The second kappa shape index (κ2) is 4.28. The Morgan fingerprint density at radius 2 is 1.84 bits per heavy atom. The Hall–Kier alpha value is -2.55. The number of phenolic OH excluding ortho intramolecular Hbond substituents is 2. The van der Waals surface area contributed by atoms with Crippen LogP contribution >= 0.6 is 0 Å². The van der Waals surface area contributed by atoms with Gasteiger partial charge in [0, 0.05) is 29.2 Å². The molecule has 2 N–H and O–H groups in total. The lowest BCUT2D eigenvalue weighted by atomic mass is 10.1. The third kappa shape index (κ3) is 1.99. The zero-order valence-corrected chi connectivity index (χ0v) is 10.1. The van der Waals surface area contributed by atoms with Crippen LogP contribution in [0.2, 0.25) is 0 Å². The van der Waals surface area contributed by atoms with Gasteiger partial charge in [-0.25, -0.2) is 0 Å². The number of Topliss-reactive ketones (excluding diaryl/α,β-unsaturated/α-hetero) is 1. The normalized spacial score (nSPS) is 15.8. The van der Waals surface area contributed by atoms with E-state index in [4.69, 9.17) is 0 Å². The molecule has 0 amide bonds. The van der Waals surface area contributed by atoms with E-state index < -0.39 is 0 Å². The molecule has 1 aliphatic carbocycles. The summed E-state index contributed by atoms with van der Waals surface area (Å²) < 4.78 is 0. The van der Waals surface area contributed by atoms with E-state index in [1.807, 2.05) is 24.3 Å². The summed E-state index contributed by atoms with van der Waals surface area (Å²) in [4.78, 5) is 12.2. The number of allylic oxidation sites excluding steroid dienone is 1. The molecule has 0 aromatic heterocycles. The van der Waals surface area contributed by atoms with Crippen molar-refractivity contribution in [3.63, 3.8) is 0 Å². The molecule has 1 aliphatic rings. The number of fused-ring (bicyclic) bond motifs is 1. The van der Waals surface area contributed by atoms with Crippen LogP contribution in [-0.4, -0.2) is 16.0 Å². The molecule has 0 heterocycles. The lowest BCUT2D eigenvalue weighted by molar-refractivity contribution is 0.104. The summed E-state index contributed by atoms with van der Waals surface area (Å²) in [7, 11) is 0. The molecule has 3 nitrogen and oxygen atoms in total. The Bertz CT molecular complexity index is 699. The number of carbonyl (C=O) groups is 1. The summed E-state index contributed by atoms with van der Waals surface area (Å²) in [5.74, 6) is -0.0278.